The number of likely N-dealkylation sites (N-methyl/N-ethyl adjacent to an activating group) is 1. The Hall–Kier alpha value is -2.64. The highest BCUT2D eigenvalue weighted by molar-refractivity contribution is 7.10. The molecule has 1 aliphatic rings. The Morgan fingerprint density at radius 3 is 2.52 bits per heavy atom. The Morgan fingerprint density at radius 2 is 1.90 bits per heavy atom. The number of para-hydroxylation sites is 1. The van der Waals surface area contributed by atoms with Crippen LogP contribution < -0.4 is 4.74 Å². The highest BCUT2D eigenvalue weighted by atomic mass is 32.1. The fourth-order valence-corrected chi connectivity index (χ4v) is 4.47. The Morgan fingerprint density at radius 1 is 1.17 bits per heavy atom. The second-order valence-corrected chi connectivity index (χ2v) is 7.71. The number of benzene rings is 1. The maximum absolute atomic E-state index is 13.0. The van der Waals surface area contributed by atoms with Crippen LogP contribution in [0.1, 0.15) is 30.3 Å². The second-order valence-electron chi connectivity index (χ2n) is 6.74. The lowest BCUT2D eigenvalue weighted by Crippen LogP contribution is -2.37. The van der Waals surface area contributed by atoms with E-state index in [1.807, 2.05) is 17.5 Å². The number of methoxy groups -OCH3 is 1. The number of hydrogen-bond donors (Lipinski definition) is 1. The number of likely N-dealkylation sites (tertiary alicyclic amines) is 1. The molecule has 29 heavy (non-hydrogen) atoms. The van der Waals surface area contributed by atoms with Crippen molar-refractivity contribution in [3.63, 3.8) is 0 Å². The van der Waals surface area contributed by atoms with E-state index in [4.69, 9.17) is 4.74 Å². The number of rotatable bonds is 8. The van der Waals surface area contributed by atoms with Gasteiger partial charge in [-0.05, 0) is 36.7 Å². The van der Waals surface area contributed by atoms with Crippen LogP contribution in [-0.4, -0.2) is 59.9 Å². The first-order valence-electron chi connectivity index (χ1n) is 9.71. The van der Waals surface area contributed by atoms with E-state index in [0.29, 0.717) is 24.4 Å². The van der Waals surface area contributed by atoms with Gasteiger partial charge in [-0.2, -0.15) is 0 Å². The van der Waals surface area contributed by atoms with Crippen LogP contribution in [0.4, 0.5) is 0 Å². The number of amides is 1. The summed E-state index contributed by atoms with van der Waals surface area (Å²) in [6, 6.07) is 10.1. The van der Waals surface area contributed by atoms with Gasteiger partial charge in [0, 0.05) is 18.0 Å². The molecular weight excluding hydrogens is 388 g/mol. The van der Waals surface area contributed by atoms with Crippen molar-refractivity contribution >= 4 is 28.8 Å². The van der Waals surface area contributed by atoms with Crippen LogP contribution in [0.25, 0.3) is 5.76 Å². The van der Waals surface area contributed by atoms with Gasteiger partial charge in [-0.1, -0.05) is 32.0 Å². The summed E-state index contributed by atoms with van der Waals surface area (Å²) >= 11 is 1.46. The summed E-state index contributed by atoms with van der Waals surface area (Å²) < 4.78 is 5.34. The summed E-state index contributed by atoms with van der Waals surface area (Å²) in [6.45, 7) is 6.94. The molecule has 2 heterocycles. The van der Waals surface area contributed by atoms with Crippen molar-refractivity contribution in [3.05, 3.63) is 57.8 Å². The van der Waals surface area contributed by atoms with Crippen LogP contribution in [0.5, 0.6) is 5.75 Å². The normalized spacial score (nSPS) is 18.6. The molecule has 1 unspecified atom stereocenters. The van der Waals surface area contributed by atoms with Crippen LogP contribution in [-0.2, 0) is 9.59 Å². The molecule has 1 aromatic carbocycles. The van der Waals surface area contributed by atoms with Crippen molar-refractivity contribution in [2.45, 2.75) is 19.9 Å². The van der Waals surface area contributed by atoms with E-state index < -0.39 is 17.7 Å². The van der Waals surface area contributed by atoms with Crippen LogP contribution in [0.3, 0.4) is 0 Å². The van der Waals surface area contributed by atoms with Crippen molar-refractivity contribution in [2.24, 2.45) is 0 Å². The van der Waals surface area contributed by atoms with Crippen molar-refractivity contribution < 1.29 is 19.4 Å². The minimum absolute atomic E-state index is 0.112. The number of carbonyl (C=O) groups excluding carboxylic acids is 2. The van der Waals surface area contributed by atoms with Crippen molar-refractivity contribution in [3.8, 4) is 5.75 Å². The largest absolute Gasteiger partial charge is 0.507 e. The molecule has 0 radical (unpaired) electrons. The van der Waals surface area contributed by atoms with Gasteiger partial charge in [0.15, 0.2) is 0 Å². The monoisotopic (exact) mass is 414 g/mol. The van der Waals surface area contributed by atoms with Gasteiger partial charge in [-0.3, -0.25) is 9.59 Å². The first-order valence-corrected chi connectivity index (χ1v) is 10.6. The minimum atomic E-state index is -0.661. The molecule has 0 saturated carbocycles. The lowest BCUT2D eigenvalue weighted by Gasteiger charge is -2.27. The van der Waals surface area contributed by atoms with Crippen molar-refractivity contribution in [1.29, 1.82) is 0 Å². The van der Waals surface area contributed by atoms with Gasteiger partial charge in [0.05, 0.1) is 24.3 Å². The molecule has 7 heteroatoms. The standard InChI is InChI=1S/C22H26N2O4S/c1-4-23(5-2)12-13-24-19(17-11-8-14-29-17)18(21(26)22(24)27)20(25)15-9-6-7-10-16(15)28-3/h6-11,14,19,25H,4-5,12-13H2,1-3H3/b20-18+. The topological polar surface area (TPSA) is 70.1 Å². The second kappa shape index (κ2) is 9.24. The number of nitrogens with zero attached hydrogens (tertiary/aromatic N) is 2. The first-order chi connectivity index (χ1) is 14.0. The molecule has 1 amide bonds. The number of hydrogen-bond acceptors (Lipinski definition) is 6. The summed E-state index contributed by atoms with van der Waals surface area (Å²) in [7, 11) is 1.51. The van der Waals surface area contributed by atoms with E-state index in [2.05, 4.69) is 18.7 Å². The molecule has 1 fully saturated rings. The number of Topliss-reactive ketones (excluding diaryl/α,β-unsaturated/α-hetero) is 1. The molecule has 154 valence electrons. The average molecular weight is 415 g/mol. The van der Waals surface area contributed by atoms with Crippen molar-refractivity contribution in [2.75, 3.05) is 33.3 Å². The third-order valence-corrected chi connectivity index (χ3v) is 6.19. The Balaban J connectivity index is 2.08. The van der Waals surface area contributed by atoms with Gasteiger partial charge in [0.1, 0.15) is 11.5 Å². The molecule has 3 rings (SSSR count). The smallest absolute Gasteiger partial charge is 0.295 e. The van der Waals surface area contributed by atoms with E-state index in [0.717, 1.165) is 18.0 Å². The van der Waals surface area contributed by atoms with Gasteiger partial charge in [-0.25, -0.2) is 0 Å². The van der Waals surface area contributed by atoms with Gasteiger partial charge in [-0.15, -0.1) is 11.3 Å². The molecule has 0 spiro atoms. The molecule has 1 atom stereocenters. The maximum atomic E-state index is 13.0. The molecule has 2 aromatic rings. The summed E-state index contributed by atoms with van der Waals surface area (Å²) in [5.74, 6) is -0.993. The van der Waals surface area contributed by atoms with Gasteiger partial charge < -0.3 is 19.6 Å². The highest BCUT2D eigenvalue weighted by Gasteiger charge is 2.46. The Labute approximate surface area is 175 Å². The molecule has 6 nitrogen and oxygen atoms in total. The van der Waals surface area contributed by atoms with E-state index in [-0.39, 0.29) is 11.3 Å². The summed E-state index contributed by atoms with van der Waals surface area (Å²) in [4.78, 5) is 30.5. The zero-order valence-electron chi connectivity index (χ0n) is 16.9. The number of carbonyl (C=O) groups is 2. The maximum Gasteiger partial charge on any atom is 0.295 e. The molecule has 1 saturated heterocycles. The van der Waals surface area contributed by atoms with E-state index >= 15 is 0 Å². The SMILES string of the molecule is CCN(CC)CCN1C(=O)C(=O)/C(=C(/O)c2ccccc2OC)C1c1cccs1. The zero-order valence-corrected chi connectivity index (χ0v) is 17.7. The quantitative estimate of drug-likeness (QED) is 0.407. The van der Waals surface area contributed by atoms with Gasteiger partial charge in [0.2, 0.25) is 0 Å². The molecule has 1 aliphatic heterocycles. The van der Waals surface area contributed by atoms with Crippen molar-refractivity contribution in [1.82, 2.24) is 9.80 Å². The number of aliphatic hydroxyl groups excluding tert-OH is 1. The third-order valence-electron chi connectivity index (χ3n) is 5.27. The van der Waals surface area contributed by atoms with Gasteiger partial charge in [0.25, 0.3) is 11.7 Å². The van der Waals surface area contributed by atoms with Crippen LogP contribution in [0.2, 0.25) is 0 Å². The minimum Gasteiger partial charge on any atom is -0.507 e. The van der Waals surface area contributed by atoms with E-state index in [1.165, 1.54) is 18.4 Å². The molecule has 1 aromatic heterocycles. The Kier molecular flexibility index (Phi) is 6.71. The third kappa shape index (κ3) is 4.06. The fourth-order valence-electron chi connectivity index (χ4n) is 3.63. The van der Waals surface area contributed by atoms with Crippen LogP contribution in [0.15, 0.2) is 47.4 Å². The number of thiophene rings is 1. The molecule has 1 N–H and O–H groups in total. The lowest BCUT2D eigenvalue weighted by molar-refractivity contribution is -0.140. The average Bonchev–Trinajstić information content (AvgIpc) is 3.36. The van der Waals surface area contributed by atoms with E-state index in [1.54, 1.807) is 29.2 Å². The molecular formula is C22H26N2O4S. The fraction of sp³-hybridized carbons (Fsp3) is 0.364. The predicted molar refractivity (Wildman–Crippen MR) is 114 cm³/mol. The van der Waals surface area contributed by atoms with Gasteiger partial charge >= 0.3 is 0 Å². The highest BCUT2D eigenvalue weighted by Crippen LogP contribution is 2.42. The molecule has 0 bridgehead atoms. The molecule has 0 aliphatic carbocycles. The van der Waals surface area contributed by atoms with E-state index in [9.17, 15) is 14.7 Å². The predicted octanol–water partition coefficient (Wildman–Crippen LogP) is 3.52. The summed E-state index contributed by atoms with van der Waals surface area (Å²) in [5, 5.41) is 13.0. The summed E-state index contributed by atoms with van der Waals surface area (Å²) in [5.41, 5.74) is 0.514. The van der Waals surface area contributed by atoms with Crippen LogP contribution in [0, 0.1) is 0 Å². The summed E-state index contributed by atoms with van der Waals surface area (Å²) in [6.07, 6.45) is 0. The lowest BCUT2D eigenvalue weighted by atomic mass is 9.99. The van der Waals surface area contributed by atoms with Crippen LogP contribution >= 0.6 is 11.3 Å². The number of aliphatic hydroxyl groups is 1. The zero-order chi connectivity index (χ0) is 21.0. The number of ketones is 1. The number of ether oxygens (including phenoxy) is 1. The first kappa shape index (κ1) is 21.1. The Bertz CT molecular complexity index is 903.